The molecule has 0 radical (unpaired) electrons. The molecular weight excluding hydrogens is 704 g/mol. The molecular formula is C36H58O17. The molecule has 0 saturated heterocycles. The van der Waals surface area contributed by atoms with E-state index < -0.39 is 36.5 Å². The Bertz CT molecular complexity index is 946. The molecule has 0 spiro atoms. The minimum absolute atomic E-state index is 0.0390. The summed E-state index contributed by atoms with van der Waals surface area (Å²) in [6.07, 6.45) is 0.621. The van der Waals surface area contributed by atoms with Gasteiger partial charge in [-0.15, -0.1) is 0 Å². The summed E-state index contributed by atoms with van der Waals surface area (Å²) in [5.74, 6) is -2.03. The predicted molar refractivity (Wildman–Crippen MR) is 188 cm³/mol. The van der Waals surface area contributed by atoms with Gasteiger partial charge in [-0.3, -0.25) is 0 Å². The van der Waals surface area contributed by atoms with Gasteiger partial charge in [0.1, 0.15) is 53.6 Å². The number of esters is 4. The average Bonchev–Trinajstić information content (AvgIpc) is 3.11. The summed E-state index contributed by atoms with van der Waals surface area (Å²) in [6, 6.07) is 0. The number of carbonyl (C=O) groups excluding carboxylic acids is 4. The van der Waals surface area contributed by atoms with Gasteiger partial charge in [-0.05, 0) is 40.5 Å². The lowest BCUT2D eigenvalue weighted by atomic mass is 10.3. The quantitative estimate of drug-likeness (QED) is 0.0295. The Labute approximate surface area is 312 Å². The van der Waals surface area contributed by atoms with Gasteiger partial charge in [-0.2, -0.15) is 0 Å². The lowest BCUT2D eigenvalue weighted by Crippen LogP contribution is -2.23. The first-order valence-corrected chi connectivity index (χ1v) is 17.0. The Morgan fingerprint density at radius 2 is 0.623 bits per heavy atom. The van der Waals surface area contributed by atoms with Gasteiger partial charge in [-0.1, -0.05) is 26.3 Å². The average molecular weight is 763 g/mol. The normalized spacial score (nSPS) is 11.0. The molecule has 0 aromatic carbocycles. The lowest BCUT2D eigenvalue weighted by Gasteiger charge is -2.19. The van der Waals surface area contributed by atoms with Gasteiger partial charge in [-0.25, -0.2) is 19.2 Å². The van der Waals surface area contributed by atoms with E-state index in [0.717, 1.165) is 0 Å². The Hall–Kier alpha value is -3.52. The molecule has 0 atom stereocenters. The fourth-order valence-electron chi connectivity index (χ4n) is 3.23. The topological polar surface area (TPSA) is 188 Å². The minimum atomic E-state index is -0.700. The van der Waals surface area contributed by atoms with E-state index in [1.54, 1.807) is 27.7 Å². The molecule has 304 valence electrons. The van der Waals surface area contributed by atoms with Crippen LogP contribution in [-0.2, 0) is 80.8 Å². The molecule has 0 aliphatic heterocycles. The van der Waals surface area contributed by atoms with Crippen LogP contribution in [0.15, 0.2) is 48.6 Å². The van der Waals surface area contributed by atoms with E-state index in [0.29, 0.717) is 38.9 Å². The standard InChI is InChI=1S/C36H58O17/c1-27(2)33(37)46-19-15-42-23-50-31(51-24-43-16-20-47-34(38)28(3)4)11-9-13-41-14-10-12-32(52-25-44-17-21-48-35(39)29(5)6)53-26-45-18-22-49-36(40)30(7)8/h31-32H,1,3,5,7,9-26H2,2,4,6,8H3. The van der Waals surface area contributed by atoms with Crippen molar-refractivity contribution in [2.75, 3.05) is 93.2 Å². The van der Waals surface area contributed by atoms with Crippen LogP contribution < -0.4 is 0 Å². The highest BCUT2D eigenvalue weighted by atomic mass is 16.8. The van der Waals surface area contributed by atoms with E-state index >= 15 is 0 Å². The maximum absolute atomic E-state index is 11.5. The van der Waals surface area contributed by atoms with E-state index in [1.807, 2.05) is 0 Å². The zero-order valence-electron chi connectivity index (χ0n) is 31.7. The van der Waals surface area contributed by atoms with E-state index in [4.69, 9.17) is 61.6 Å². The van der Waals surface area contributed by atoms with Crippen LogP contribution in [0, 0.1) is 0 Å². The smallest absolute Gasteiger partial charge is 0.333 e. The molecule has 0 aromatic heterocycles. The molecule has 0 amide bonds. The van der Waals surface area contributed by atoms with E-state index in [1.165, 1.54) is 0 Å². The van der Waals surface area contributed by atoms with E-state index in [-0.39, 0.29) is 102 Å². The summed E-state index contributed by atoms with van der Waals surface area (Å²) in [4.78, 5) is 45.9. The number of hydrogen-bond donors (Lipinski definition) is 0. The molecule has 0 fully saturated rings. The first-order chi connectivity index (χ1) is 25.3. The van der Waals surface area contributed by atoms with Gasteiger partial charge in [0.15, 0.2) is 12.6 Å². The summed E-state index contributed by atoms with van der Waals surface area (Å²) in [6.45, 7) is 21.2. The van der Waals surface area contributed by atoms with Crippen molar-refractivity contribution < 1.29 is 80.8 Å². The molecule has 0 unspecified atom stereocenters. The number of ether oxygens (including phenoxy) is 13. The second kappa shape index (κ2) is 33.1. The van der Waals surface area contributed by atoms with Crippen molar-refractivity contribution in [2.24, 2.45) is 0 Å². The SMILES string of the molecule is C=C(C)C(=O)OCCOCOC(CCCOCCCC(OCOCCOC(=O)C(=C)C)OCOCCOC(=O)C(=C)C)OCOCCOC(=O)C(=C)C. The van der Waals surface area contributed by atoms with Crippen molar-refractivity contribution in [3.63, 3.8) is 0 Å². The fraction of sp³-hybridized carbons (Fsp3) is 0.667. The first kappa shape index (κ1) is 49.5. The van der Waals surface area contributed by atoms with Crippen molar-refractivity contribution >= 4 is 23.9 Å². The highest BCUT2D eigenvalue weighted by Crippen LogP contribution is 2.09. The number of rotatable bonds is 36. The second-order valence-corrected chi connectivity index (χ2v) is 11.2. The Morgan fingerprint density at radius 3 is 0.849 bits per heavy atom. The van der Waals surface area contributed by atoms with Crippen molar-refractivity contribution in [1.29, 1.82) is 0 Å². The monoisotopic (exact) mass is 762 g/mol. The second-order valence-electron chi connectivity index (χ2n) is 11.2. The van der Waals surface area contributed by atoms with Gasteiger partial charge < -0.3 is 61.6 Å². The Morgan fingerprint density at radius 1 is 0.377 bits per heavy atom. The third kappa shape index (κ3) is 30.6. The summed E-state index contributed by atoms with van der Waals surface area (Å²) in [5, 5.41) is 0. The molecule has 0 bridgehead atoms. The Balaban J connectivity index is 4.60. The molecule has 53 heavy (non-hydrogen) atoms. The molecule has 17 nitrogen and oxygen atoms in total. The lowest BCUT2D eigenvalue weighted by molar-refractivity contribution is -0.234. The zero-order valence-corrected chi connectivity index (χ0v) is 31.7. The van der Waals surface area contributed by atoms with Gasteiger partial charge >= 0.3 is 23.9 Å². The van der Waals surface area contributed by atoms with Crippen LogP contribution >= 0.6 is 0 Å². The van der Waals surface area contributed by atoms with Gasteiger partial charge in [0.05, 0.1) is 26.4 Å². The summed E-state index contributed by atoms with van der Waals surface area (Å²) in [5.41, 5.74) is 1.16. The van der Waals surface area contributed by atoms with Crippen LogP contribution in [0.25, 0.3) is 0 Å². The molecule has 0 saturated carbocycles. The largest absolute Gasteiger partial charge is 0.460 e. The van der Waals surface area contributed by atoms with Crippen LogP contribution in [-0.4, -0.2) is 130 Å². The highest BCUT2D eigenvalue weighted by molar-refractivity contribution is 5.88. The van der Waals surface area contributed by atoms with Crippen molar-refractivity contribution in [1.82, 2.24) is 0 Å². The molecule has 0 heterocycles. The maximum Gasteiger partial charge on any atom is 0.333 e. The zero-order chi connectivity index (χ0) is 39.7. The third-order valence-corrected chi connectivity index (χ3v) is 6.04. The molecule has 0 aliphatic rings. The fourth-order valence-corrected chi connectivity index (χ4v) is 3.23. The van der Waals surface area contributed by atoms with Crippen LogP contribution in [0.4, 0.5) is 0 Å². The maximum atomic E-state index is 11.5. The van der Waals surface area contributed by atoms with Gasteiger partial charge in [0.2, 0.25) is 0 Å². The van der Waals surface area contributed by atoms with Crippen LogP contribution in [0.1, 0.15) is 53.4 Å². The summed E-state index contributed by atoms with van der Waals surface area (Å²) < 4.78 is 69.7. The molecule has 0 N–H and O–H groups in total. The van der Waals surface area contributed by atoms with Crippen LogP contribution in [0.2, 0.25) is 0 Å². The van der Waals surface area contributed by atoms with Crippen molar-refractivity contribution in [3.8, 4) is 0 Å². The molecule has 0 aliphatic carbocycles. The molecule has 0 aromatic rings. The third-order valence-electron chi connectivity index (χ3n) is 6.04. The van der Waals surface area contributed by atoms with E-state index in [9.17, 15) is 19.2 Å². The van der Waals surface area contributed by atoms with Gasteiger partial charge in [0.25, 0.3) is 0 Å². The predicted octanol–water partition coefficient (Wildman–Crippen LogP) is 3.66. The van der Waals surface area contributed by atoms with Crippen molar-refractivity contribution in [2.45, 2.75) is 66.0 Å². The summed E-state index contributed by atoms with van der Waals surface area (Å²) >= 11 is 0. The van der Waals surface area contributed by atoms with E-state index in [2.05, 4.69) is 26.3 Å². The molecule has 17 heteroatoms. The highest BCUT2D eigenvalue weighted by Gasteiger charge is 2.13. The number of hydrogen-bond acceptors (Lipinski definition) is 17. The summed E-state index contributed by atoms with van der Waals surface area (Å²) in [7, 11) is 0. The van der Waals surface area contributed by atoms with Crippen LogP contribution in [0.3, 0.4) is 0 Å². The van der Waals surface area contributed by atoms with Crippen LogP contribution in [0.5, 0.6) is 0 Å². The minimum Gasteiger partial charge on any atom is -0.460 e. The molecule has 0 rings (SSSR count). The van der Waals surface area contributed by atoms with Gasteiger partial charge in [0, 0.05) is 48.3 Å². The number of carbonyl (C=O) groups is 4. The van der Waals surface area contributed by atoms with Crippen molar-refractivity contribution in [3.05, 3.63) is 48.6 Å². The first-order valence-electron chi connectivity index (χ1n) is 17.0. The Kier molecular flexibility index (Phi) is 30.9.